The second kappa shape index (κ2) is 11.8. The van der Waals surface area contributed by atoms with Crippen LogP contribution in [0, 0.1) is 0 Å². The van der Waals surface area contributed by atoms with Gasteiger partial charge in [0.15, 0.2) is 0 Å². The van der Waals surface area contributed by atoms with E-state index in [2.05, 4.69) is 20.4 Å². The van der Waals surface area contributed by atoms with Gasteiger partial charge in [-0.25, -0.2) is 0 Å². The number of rotatable bonds is 4. The van der Waals surface area contributed by atoms with E-state index in [0.717, 1.165) is 24.4 Å². The molecule has 1 N–H and O–H groups in total. The molecule has 1 saturated heterocycles. The zero-order valence-corrected chi connectivity index (χ0v) is 22.5. The number of carbonyl (C=O) groups is 2. The number of hydrogen-bond donors (Lipinski definition) is 1. The zero-order chi connectivity index (χ0) is 27.4. The van der Waals surface area contributed by atoms with Gasteiger partial charge in [0.1, 0.15) is 29.4 Å². The third-order valence-electron chi connectivity index (χ3n) is 6.91. The molecular formula is C28H34N6O5. The molecule has 2 amide bonds. The third kappa shape index (κ3) is 6.55. The van der Waals surface area contributed by atoms with Crippen LogP contribution in [0.5, 0.6) is 17.2 Å². The Hall–Kier alpha value is -3.96. The van der Waals surface area contributed by atoms with Gasteiger partial charge in [0.25, 0.3) is 5.91 Å². The molecule has 39 heavy (non-hydrogen) atoms. The third-order valence-corrected chi connectivity index (χ3v) is 6.91. The average molecular weight is 535 g/mol. The van der Waals surface area contributed by atoms with Crippen molar-refractivity contribution in [1.29, 1.82) is 0 Å². The molecule has 0 unspecified atom stereocenters. The number of nitrogens with one attached hydrogen (secondary N) is 1. The highest BCUT2D eigenvalue weighted by Crippen LogP contribution is 2.29. The van der Waals surface area contributed by atoms with Gasteiger partial charge in [-0.2, -0.15) is 0 Å². The van der Waals surface area contributed by atoms with Crippen LogP contribution in [-0.4, -0.2) is 81.8 Å². The maximum Gasteiger partial charge on any atom is 0.254 e. The van der Waals surface area contributed by atoms with E-state index in [0.29, 0.717) is 49.1 Å². The van der Waals surface area contributed by atoms with Gasteiger partial charge in [0, 0.05) is 38.8 Å². The number of fused-ring (bicyclic) bond motifs is 5. The van der Waals surface area contributed by atoms with Crippen molar-refractivity contribution in [3.63, 3.8) is 0 Å². The lowest BCUT2D eigenvalue weighted by Crippen LogP contribution is -2.57. The number of hydrogen-bond acceptors (Lipinski definition) is 8. The molecule has 2 atom stereocenters. The van der Waals surface area contributed by atoms with Crippen molar-refractivity contribution < 1.29 is 23.8 Å². The molecule has 11 heteroatoms. The number of nitrogens with zero attached hydrogens (tertiary/aromatic N) is 5. The molecule has 0 saturated carbocycles. The van der Waals surface area contributed by atoms with Crippen molar-refractivity contribution in [2.24, 2.45) is 7.05 Å². The molecule has 206 valence electrons. The first-order valence-corrected chi connectivity index (χ1v) is 13.1. The summed E-state index contributed by atoms with van der Waals surface area (Å²) in [6, 6.07) is 12.5. The fraction of sp³-hybridized carbons (Fsp3) is 0.429. The quantitative estimate of drug-likeness (QED) is 0.543. The zero-order valence-electron chi connectivity index (χ0n) is 22.5. The van der Waals surface area contributed by atoms with Crippen LogP contribution >= 0.6 is 0 Å². The Labute approximate surface area is 227 Å². The maximum atomic E-state index is 13.3. The van der Waals surface area contributed by atoms with Crippen molar-refractivity contribution in [2.45, 2.75) is 38.6 Å². The first kappa shape index (κ1) is 26.6. The second-order valence-electron chi connectivity index (χ2n) is 9.94. The van der Waals surface area contributed by atoms with Crippen molar-refractivity contribution in [2.75, 3.05) is 33.3 Å². The Morgan fingerprint density at radius 3 is 2.79 bits per heavy atom. The number of amides is 2. The van der Waals surface area contributed by atoms with E-state index in [4.69, 9.17) is 14.2 Å². The number of benzene rings is 2. The minimum Gasteiger partial charge on any atom is -0.494 e. The molecule has 2 aliphatic heterocycles. The molecule has 0 radical (unpaired) electrons. The number of aryl methyl sites for hydroxylation is 1. The van der Waals surface area contributed by atoms with Gasteiger partial charge in [0.2, 0.25) is 5.91 Å². The van der Waals surface area contributed by atoms with Crippen LogP contribution < -0.4 is 14.8 Å². The molecule has 2 aromatic carbocycles. The largest absolute Gasteiger partial charge is 0.494 e. The van der Waals surface area contributed by atoms with Gasteiger partial charge in [-0.05, 0) is 43.2 Å². The molecule has 4 bridgehead atoms. The van der Waals surface area contributed by atoms with Gasteiger partial charge < -0.3 is 29.0 Å². The monoisotopic (exact) mass is 534 g/mol. The van der Waals surface area contributed by atoms with Gasteiger partial charge in [-0.15, -0.1) is 10.2 Å². The van der Waals surface area contributed by atoms with Crippen molar-refractivity contribution in [3.8, 4) is 17.2 Å². The van der Waals surface area contributed by atoms with Gasteiger partial charge in [-0.3, -0.25) is 14.5 Å². The van der Waals surface area contributed by atoms with E-state index in [1.165, 1.54) is 4.90 Å². The lowest BCUT2D eigenvalue weighted by Gasteiger charge is -2.38. The standard InChI is InChI=1S/C28H34N6O5/c1-4-37-22-11-20-12-23(13-22)39-21-7-5-6-19(10-21)17-38-25-8-9-34(15-26-31-29-18-33(26)3)14-24(25)30-27(35)16-32(2)28(20)36/h5-7,10-13,18,24-25H,4,8-9,14-17H2,1-3H3,(H,30,35)/t24-,25+/m0/s1. The van der Waals surface area contributed by atoms with Crippen molar-refractivity contribution in [3.05, 3.63) is 65.7 Å². The number of likely N-dealkylation sites (tertiary alicyclic amines) is 1. The average Bonchev–Trinajstić information content (AvgIpc) is 3.31. The Morgan fingerprint density at radius 2 is 2.00 bits per heavy atom. The fourth-order valence-electron chi connectivity index (χ4n) is 4.93. The molecule has 1 aromatic heterocycles. The topological polar surface area (TPSA) is 111 Å². The molecule has 5 rings (SSSR count). The van der Waals surface area contributed by atoms with Crippen LogP contribution in [0.25, 0.3) is 0 Å². The van der Waals surface area contributed by atoms with E-state index in [9.17, 15) is 9.59 Å². The Morgan fingerprint density at radius 1 is 1.13 bits per heavy atom. The SMILES string of the molecule is CCOc1cc2cc(c1)C(=O)N(C)CC(=O)N[C@H]1CN(Cc3nncn3C)CC[C@H]1OCc1cccc(c1)O2. The minimum absolute atomic E-state index is 0.0978. The van der Waals surface area contributed by atoms with Crippen LogP contribution in [0.3, 0.4) is 0 Å². The molecule has 2 aliphatic rings. The Bertz CT molecular complexity index is 1330. The molecule has 1 fully saturated rings. The van der Waals surface area contributed by atoms with Crippen molar-refractivity contribution in [1.82, 2.24) is 29.9 Å². The fourth-order valence-corrected chi connectivity index (χ4v) is 4.93. The van der Waals surface area contributed by atoms with Crippen molar-refractivity contribution >= 4 is 11.8 Å². The summed E-state index contributed by atoms with van der Waals surface area (Å²) in [5.41, 5.74) is 1.33. The Kier molecular flexibility index (Phi) is 8.08. The second-order valence-corrected chi connectivity index (χ2v) is 9.94. The Balaban J connectivity index is 1.41. The van der Waals surface area contributed by atoms with E-state index < -0.39 is 0 Å². The summed E-state index contributed by atoms with van der Waals surface area (Å²) < 4.78 is 20.0. The molecule has 0 spiro atoms. The maximum absolute atomic E-state index is 13.3. The summed E-state index contributed by atoms with van der Waals surface area (Å²) in [4.78, 5) is 30.1. The molecule has 0 aliphatic carbocycles. The number of carbonyl (C=O) groups excluding carboxylic acids is 2. The highest BCUT2D eigenvalue weighted by atomic mass is 16.5. The molecule has 3 heterocycles. The van der Waals surface area contributed by atoms with Gasteiger partial charge in [0.05, 0.1) is 38.4 Å². The van der Waals surface area contributed by atoms with Crippen LogP contribution in [0.4, 0.5) is 0 Å². The van der Waals surface area contributed by atoms with Gasteiger partial charge in [-0.1, -0.05) is 12.1 Å². The van der Waals surface area contributed by atoms with Crippen LogP contribution in [0.15, 0.2) is 48.8 Å². The highest BCUT2D eigenvalue weighted by molar-refractivity contribution is 5.97. The first-order chi connectivity index (χ1) is 18.9. The summed E-state index contributed by atoms with van der Waals surface area (Å²) in [6.45, 7) is 4.59. The van der Waals surface area contributed by atoms with E-state index in [1.807, 2.05) is 42.8 Å². The van der Waals surface area contributed by atoms with Crippen LogP contribution in [0.1, 0.15) is 35.1 Å². The summed E-state index contributed by atoms with van der Waals surface area (Å²) in [5.74, 6) is 1.92. The summed E-state index contributed by atoms with van der Waals surface area (Å²) in [6.07, 6.45) is 2.22. The summed E-state index contributed by atoms with van der Waals surface area (Å²) in [5, 5.41) is 11.3. The van der Waals surface area contributed by atoms with E-state index in [-0.39, 0.29) is 30.5 Å². The number of piperidine rings is 1. The number of aromatic nitrogens is 3. The lowest BCUT2D eigenvalue weighted by molar-refractivity contribution is -0.125. The normalized spacial score (nSPS) is 20.6. The first-order valence-electron chi connectivity index (χ1n) is 13.1. The minimum atomic E-state index is -0.308. The van der Waals surface area contributed by atoms with Crippen LogP contribution in [0.2, 0.25) is 0 Å². The smallest absolute Gasteiger partial charge is 0.254 e. The molecular weight excluding hydrogens is 500 g/mol. The molecule has 3 aromatic rings. The van der Waals surface area contributed by atoms with Crippen LogP contribution in [-0.2, 0) is 29.7 Å². The number of ether oxygens (including phenoxy) is 3. The summed E-state index contributed by atoms with van der Waals surface area (Å²) in [7, 11) is 3.52. The summed E-state index contributed by atoms with van der Waals surface area (Å²) >= 11 is 0. The predicted octanol–water partition coefficient (Wildman–Crippen LogP) is 2.37. The van der Waals surface area contributed by atoms with Gasteiger partial charge >= 0.3 is 0 Å². The molecule has 11 nitrogen and oxygen atoms in total. The predicted molar refractivity (Wildman–Crippen MR) is 142 cm³/mol. The van der Waals surface area contributed by atoms with E-state index >= 15 is 0 Å². The lowest BCUT2D eigenvalue weighted by atomic mass is 10.0. The highest BCUT2D eigenvalue weighted by Gasteiger charge is 2.32. The van der Waals surface area contributed by atoms with E-state index in [1.54, 1.807) is 31.6 Å². The number of likely N-dealkylation sites (N-methyl/N-ethyl adjacent to an activating group) is 1.